The summed E-state index contributed by atoms with van der Waals surface area (Å²) in [6.07, 6.45) is 0.0152. The van der Waals surface area contributed by atoms with Gasteiger partial charge < -0.3 is 5.73 Å². The van der Waals surface area contributed by atoms with Crippen LogP contribution in [-0.4, -0.2) is 24.7 Å². The third-order valence-electron chi connectivity index (χ3n) is 3.78. The Balaban J connectivity index is 2.68. The Kier molecular flexibility index (Phi) is 5.70. The minimum Gasteiger partial charge on any atom is -0.323 e. The maximum atomic E-state index is 12.2. The zero-order valence-electron chi connectivity index (χ0n) is 13.2. The number of Topliss-reactive ketones (excluding diaryl/α,β-unsaturated/α-hetero) is 1. The van der Waals surface area contributed by atoms with Crippen molar-refractivity contribution in [2.75, 3.05) is 5.75 Å². The van der Waals surface area contributed by atoms with Crippen molar-refractivity contribution in [1.29, 1.82) is 0 Å². The molecule has 0 amide bonds. The third-order valence-corrected chi connectivity index (χ3v) is 6.39. The molecule has 0 radical (unpaired) electrons. The fraction of sp³-hybridized carbons (Fsp3) is 0.562. The molecule has 1 aromatic rings. The summed E-state index contributed by atoms with van der Waals surface area (Å²) >= 11 is 0. The van der Waals surface area contributed by atoms with Crippen LogP contribution in [0, 0.1) is 5.92 Å². The molecule has 0 bridgehead atoms. The number of hydrogen-bond donors (Lipinski definition) is 1. The largest absolute Gasteiger partial charge is 0.323 e. The molecule has 1 aromatic carbocycles. The summed E-state index contributed by atoms with van der Waals surface area (Å²) < 4.78 is 23.2. The number of benzene rings is 1. The van der Waals surface area contributed by atoms with Gasteiger partial charge in [0.25, 0.3) is 0 Å². The van der Waals surface area contributed by atoms with Gasteiger partial charge in [0.2, 0.25) is 0 Å². The zero-order valence-corrected chi connectivity index (χ0v) is 14.0. The van der Waals surface area contributed by atoms with Gasteiger partial charge in [0.1, 0.15) is 5.78 Å². The summed E-state index contributed by atoms with van der Waals surface area (Å²) in [5.74, 6) is -0.636. The standard InChI is InChI=1S/C16H25NO3S/c1-12(15(17)13-8-6-5-7-9-13)14(18)10-11-21(19,20)16(2,3)4/h5-9,12,15H,10-11,17H2,1-4H3. The Bertz CT molecular complexity index is 573. The van der Waals surface area contributed by atoms with E-state index in [-0.39, 0.29) is 18.0 Å². The van der Waals surface area contributed by atoms with Gasteiger partial charge in [0.15, 0.2) is 9.84 Å². The molecular weight excluding hydrogens is 286 g/mol. The van der Waals surface area contributed by atoms with Crippen molar-refractivity contribution >= 4 is 15.6 Å². The molecule has 2 unspecified atom stereocenters. The number of ketones is 1. The fourth-order valence-electron chi connectivity index (χ4n) is 1.93. The van der Waals surface area contributed by atoms with Gasteiger partial charge in [-0.3, -0.25) is 4.79 Å². The second kappa shape index (κ2) is 6.71. The summed E-state index contributed by atoms with van der Waals surface area (Å²) in [7, 11) is -3.28. The van der Waals surface area contributed by atoms with Gasteiger partial charge >= 0.3 is 0 Å². The molecular formula is C16H25NO3S. The van der Waals surface area contributed by atoms with Crippen molar-refractivity contribution in [2.45, 2.75) is 44.9 Å². The van der Waals surface area contributed by atoms with Gasteiger partial charge in [-0.2, -0.15) is 0 Å². The van der Waals surface area contributed by atoms with Crippen LogP contribution in [0.3, 0.4) is 0 Å². The van der Waals surface area contributed by atoms with Crippen LogP contribution in [0.4, 0.5) is 0 Å². The van der Waals surface area contributed by atoms with E-state index in [1.165, 1.54) is 0 Å². The average molecular weight is 311 g/mol. The van der Waals surface area contributed by atoms with E-state index in [2.05, 4.69) is 0 Å². The van der Waals surface area contributed by atoms with Crippen molar-refractivity contribution in [3.05, 3.63) is 35.9 Å². The Morgan fingerprint density at radius 1 is 1.19 bits per heavy atom. The van der Waals surface area contributed by atoms with Gasteiger partial charge in [0, 0.05) is 18.4 Å². The highest BCUT2D eigenvalue weighted by molar-refractivity contribution is 7.92. The molecule has 0 fully saturated rings. The number of rotatable bonds is 6. The predicted molar refractivity (Wildman–Crippen MR) is 85.7 cm³/mol. The number of carbonyl (C=O) groups excluding carboxylic acids is 1. The van der Waals surface area contributed by atoms with E-state index in [0.29, 0.717) is 0 Å². The van der Waals surface area contributed by atoms with Crippen molar-refractivity contribution in [3.63, 3.8) is 0 Å². The molecule has 4 nitrogen and oxygen atoms in total. The minimum atomic E-state index is -3.28. The topological polar surface area (TPSA) is 77.2 Å². The molecule has 2 atom stereocenters. The molecule has 5 heteroatoms. The predicted octanol–water partition coefficient (Wildman–Crippen LogP) is 2.50. The zero-order chi connectivity index (χ0) is 16.3. The second-order valence-corrected chi connectivity index (χ2v) is 9.24. The maximum Gasteiger partial charge on any atom is 0.155 e. The van der Waals surface area contributed by atoms with Gasteiger partial charge in [-0.15, -0.1) is 0 Å². The SMILES string of the molecule is CC(C(=O)CCS(=O)(=O)C(C)(C)C)C(N)c1ccccc1. The highest BCUT2D eigenvalue weighted by Gasteiger charge is 2.30. The number of nitrogens with two attached hydrogens (primary N) is 1. The van der Waals surface area contributed by atoms with Crippen LogP contribution in [0.25, 0.3) is 0 Å². The lowest BCUT2D eigenvalue weighted by atomic mass is 9.91. The molecule has 2 N–H and O–H groups in total. The molecule has 1 rings (SSSR count). The van der Waals surface area contributed by atoms with E-state index in [1.807, 2.05) is 30.3 Å². The molecule has 0 aromatic heterocycles. The first-order valence-electron chi connectivity index (χ1n) is 7.12. The number of sulfone groups is 1. The van der Waals surface area contributed by atoms with E-state index < -0.39 is 26.5 Å². The summed E-state index contributed by atoms with van der Waals surface area (Å²) in [6, 6.07) is 8.97. The highest BCUT2D eigenvalue weighted by atomic mass is 32.2. The van der Waals surface area contributed by atoms with Crippen molar-refractivity contribution < 1.29 is 13.2 Å². The monoisotopic (exact) mass is 311 g/mol. The van der Waals surface area contributed by atoms with Crippen LogP contribution in [0.1, 0.15) is 45.7 Å². The van der Waals surface area contributed by atoms with Crippen LogP contribution in [0.5, 0.6) is 0 Å². The minimum absolute atomic E-state index is 0.0152. The number of hydrogen-bond acceptors (Lipinski definition) is 4. The van der Waals surface area contributed by atoms with Crippen LogP contribution < -0.4 is 5.73 Å². The Morgan fingerprint density at radius 2 is 1.71 bits per heavy atom. The van der Waals surface area contributed by atoms with Crippen LogP contribution in [0.2, 0.25) is 0 Å². The van der Waals surface area contributed by atoms with Gasteiger partial charge in [-0.25, -0.2) is 8.42 Å². The third kappa shape index (κ3) is 4.64. The summed E-state index contributed by atoms with van der Waals surface area (Å²) in [5, 5.41) is 0. The summed E-state index contributed by atoms with van der Waals surface area (Å²) in [6.45, 7) is 6.69. The van der Waals surface area contributed by atoms with Crippen molar-refractivity contribution in [2.24, 2.45) is 11.7 Å². The Labute approximate surface area is 127 Å². The first-order chi connectivity index (χ1) is 9.56. The fourth-order valence-corrected chi connectivity index (χ4v) is 3.02. The smallest absolute Gasteiger partial charge is 0.155 e. The summed E-state index contributed by atoms with van der Waals surface area (Å²) in [4.78, 5) is 12.2. The first-order valence-corrected chi connectivity index (χ1v) is 8.77. The molecule has 0 aliphatic carbocycles. The highest BCUT2D eigenvalue weighted by Crippen LogP contribution is 2.22. The molecule has 0 heterocycles. The van der Waals surface area contributed by atoms with E-state index in [4.69, 9.17) is 5.73 Å². The first kappa shape index (κ1) is 17.9. The van der Waals surface area contributed by atoms with E-state index in [0.717, 1.165) is 5.56 Å². The molecule has 0 aliphatic rings. The van der Waals surface area contributed by atoms with Crippen LogP contribution in [-0.2, 0) is 14.6 Å². The van der Waals surface area contributed by atoms with Crippen molar-refractivity contribution in [3.8, 4) is 0 Å². The molecule has 0 spiro atoms. The van der Waals surface area contributed by atoms with Crippen molar-refractivity contribution in [1.82, 2.24) is 0 Å². The lowest BCUT2D eigenvalue weighted by Crippen LogP contribution is -2.33. The average Bonchev–Trinajstić information content (AvgIpc) is 2.43. The molecule has 0 saturated heterocycles. The number of carbonyl (C=O) groups is 1. The van der Waals surface area contributed by atoms with E-state index in [1.54, 1.807) is 27.7 Å². The maximum absolute atomic E-state index is 12.2. The van der Waals surface area contributed by atoms with Crippen LogP contribution in [0.15, 0.2) is 30.3 Å². The molecule has 0 saturated carbocycles. The van der Waals surface area contributed by atoms with E-state index in [9.17, 15) is 13.2 Å². The molecule has 21 heavy (non-hydrogen) atoms. The molecule has 118 valence electrons. The summed E-state index contributed by atoms with van der Waals surface area (Å²) in [5.41, 5.74) is 6.98. The Morgan fingerprint density at radius 3 is 2.19 bits per heavy atom. The normalized spacial score (nSPS) is 15.5. The van der Waals surface area contributed by atoms with Crippen LogP contribution >= 0.6 is 0 Å². The molecule has 0 aliphatic heterocycles. The van der Waals surface area contributed by atoms with Gasteiger partial charge in [-0.1, -0.05) is 37.3 Å². The lowest BCUT2D eigenvalue weighted by molar-refractivity contribution is -0.122. The Hall–Kier alpha value is -1.20. The van der Waals surface area contributed by atoms with Gasteiger partial charge in [0.05, 0.1) is 10.5 Å². The van der Waals surface area contributed by atoms with E-state index >= 15 is 0 Å². The quantitative estimate of drug-likeness (QED) is 0.875. The van der Waals surface area contributed by atoms with Gasteiger partial charge in [-0.05, 0) is 26.3 Å². The second-order valence-electron chi connectivity index (χ2n) is 6.37. The lowest BCUT2D eigenvalue weighted by Gasteiger charge is -2.21.